The highest BCUT2D eigenvalue weighted by Gasteiger charge is 2.30. The van der Waals surface area contributed by atoms with Crippen LogP contribution in [0, 0.1) is 6.92 Å². The zero-order valence-corrected chi connectivity index (χ0v) is 12.6. The molecule has 0 saturated carbocycles. The summed E-state index contributed by atoms with van der Waals surface area (Å²) in [6.45, 7) is 7.92. The lowest BCUT2D eigenvalue weighted by Gasteiger charge is -2.38. The summed E-state index contributed by atoms with van der Waals surface area (Å²) in [5.41, 5.74) is 1.56. The molecule has 1 aromatic carbocycles. The van der Waals surface area contributed by atoms with Crippen LogP contribution >= 0.6 is 15.9 Å². The van der Waals surface area contributed by atoms with E-state index in [9.17, 15) is 4.79 Å². The summed E-state index contributed by atoms with van der Waals surface area (Å²) in [5.74, 6) is 0.0794. The van der Waals surface area contributed by atoms with E-state index in [1.807, 2.05) is 43.9 Å². The number of halogens is 1. The molecule has 98 valence electrons. The highest BCUT2D eigenvalue weighted by atomic mass is 79.9. The quantitative estimate of drug-likeness (QED) is 0.798. The number of carbonyl (C=O) groups excluding carboxylic acids is 1. The second-order valence-corrected chi connectivity index (χ2v) is 6.27. The van der Waals surface area contributed by atoms with Crippen molar-refractivity contribution < 1.29 is 9.53 Å². The highest BCUT2D eigenvalue weighted by molar-refractivity contribution is 9.10. The van der Waals surface area contributed by atoms with E-state index in [0.717, 1.165) is 15.6 Å². The van der Waals surface area contributed by atoms with Gasteiger partial charge < -0.3 is 9.64 Å². The number of amides is 1. The van der Waals surface area contributed by atoms with Gasteiger partial charge in [0.15, 0.2) is 0 Å². The topological polar surface area (TPSA) is 29.5 Å². The molecule has 1 aliphatic rings. The first-order valence-electron chi connectivity index (χ1n) is 6.08. The van der Waals surface area contributed by atoms with Gasteiger partial charge in [-0.1, -0.05) is 15.9 Å². The summed E-state index contributed by atoms with van der Waals surface area (Å²) < 4.78 is 6.57. The van der Waals surface area contributed by atoms with Gasteiger partial charge in [-0.15, -0.1) is 0 Å². The molecule has 3 nitrogen and oxygen atoms in total. The Bertz CT molecular complexity index is 451. The van der Waals surface area contributed by atoms with Crippen molar-refractivity contribution in [1.29, 1.82) is 0 Å². The Hall–Kier alpha value is -0.870. The normalized spacial score (nSPS) is 18.8. The standard InChI is InChI=1S/C14H18BrNO2/c1-10-6-11(8-12(15)7-10)13(17)16-4-5-18-14(2,3)9-16/h6-8H,4-5,9H2,1-3H3. The number of hydrogen-bond donors (Lipinski definition) is 0. The number of aryl methyl sites for hydroxylation is 1. The molecule has 1 amide bonds. The number of nitrogens with zero attached hydrogens (tertiary/aromatic N) is 1. The van der Waals surface area contributed by atoms with Crippen LogP contribution in [-0.2, 0) is 4.74 Å². The van der Waals surface area contributed by atoms with Gasteiger partial charge in [-0.3, -0.25) is 4.79 Å². The monoisotopic (exact) mass is 311 g/mol. The van der Waals surface area contributed by atoms with Crippen LogP contribution in [0.5, 0.6) is 0 Å². The molecule has 0 bridgehead atoms. The molecule has 0 aliphatic carbocycles. The molecular formula is C14H18BrNO2. The van der Waals surface area contributed by atoms with E-state index in [-0.39, 0.29) is 11.5 Å². The average Bonchev–Trinajstić information content (AvgIpc) is 2.25. The van der Waals surface area contributed by atoms with E-state index >= 15 is 0 Å². The van der Waals surface area contributed by atoms with E-state index < -0.39 is 0 Å². The third kappa shape index (κ3) is 3.12. The number of benzene rings is 1. The SMILES string of the molecule is Cc1cc(Br)cc(C(=O)N2CCOC(C)(C)C2)c1. The second kappa shape index (κ2) is 5.02. The Morgan fingerprint density at radius 1 is 1.39 bits per heavy atom. The Morgan fingerprint density at radius 2 is 2.11 bits per heavy atom. The van der Waals surface area contributed by atoms with E-state index in [2.05, 4.69) is 15.9 Å². The molecule has 0 radical (unpaired) electrons. The minimum Gasteiger partial charge on any atom is -0.372 e. The van der Waals surface area contributed by atoms with E-state index in [1.165, 1.54) is 0 Å². The van der Waals surface area contributed by atoms with Crippen LogP contribution in [0.25, 0.3) is 0 Å². The molecule has 0 aromatic heterocycles. The molecule has 18 heavy (non-hydrogen) atoms. The van der Waals surface area contributed by atoms with Crippen molar-refractivity contribution in [1.82, 2.24) is 4.90 Å². The fourth-order valence-corrected chi connectivity index (χ4v) is 2.84. The van der Waals surface area contributed by atoms with Gasteiger partial charge in [-0.25, -0.2) is 0 Å². The molecule has 2 rings (SSSR count). The Kier molecular flexibility index (Phi) is 3.78. The first kappa shape index (κ1) is 13.6. The number of carbonyl (C=O) groups is 1. The van der Waals surface area contributed by atoms with Crippen LogP contribution in [0.2, 0.25) is 0 Å². The number of morpholine rings is 1. The number of ether oxygens (including phenoxy) is 1. The molecule has 0 spiro atoms. The van der Waals surface area contributed by atoms with E-state index in [1.54, 1.807) is 0 Å². The third-order valence-electron chi connectivity index (χ3n) is 3.00. The van der Waals surface area contributed by atoms with Crippen molar-refractivity contribution in [2.24, 2.45) is 0 Å². The fraction of sp³-hybridized carbons (Fsp3) is 0.500. The van der Waals surface area contributed by atoms with Gasteiger partial charge in [-0.05, 0) is 44.5 Å². The summed E-state index contributed by atoms with van der Waals surface area (Å²) in [5, 5.41) is 0. The lowest BCUT2D eigenvalue weighted by molar-refractivity contribution is -0.0764. The summed E-state index contributed by atoms with van der Waals surface area (Å²) in [4.78, 5) is 14.3. The van der Waals surface area contributed by atoms with Crippen molar-refractivity contribution in [3.63, 3.8) is 0 Å². The van der Waals surface area contributed by atoms with Gasteiger partial charge >= 0.3 is 0 Å². The highest BCUT2D eigenvalue weighted by Crippen LogP contribution is 2.21. The molecule has 0 N–H and O–H groups in total. The summed E-state index contributed by atoms with van der Waals surface area (Å²) in [7, 11) is 0. The summed E-state index contributed by atoms with van der Waals surface area (Å²) in [6, 6.07) is 5.80. The lowest BCUT2D eigenvalue weighted by Crippen LogP contribution is -2.50. The van der Waals surface area contributed by atoms with Crippen LogP contribution in [-0.4, -0.2) is 36.1 Å². The third-order valence-corrected chi connectivity index (χ3v) is 3.46. The molecule has 1 heterocycles. The van der Waals surface area contributed by atoms with Gasteiger partial charge in [0, 0.05) is 23.1 Å². The Balaban J connectivity index is 2.20. The average molecular weight is 312 g/mol. The van der Waals surface area contributed by atoms with Crippen LogP contribution in [0.3, 0.4) is 0 Å². The summed E-state index contributed by atoms with van der Waals surface area (Å²) >= 11 is 3.43. The smallest absolute Gasteiger partial charge is 0.254 e. The summed E-state index contributed by atoms with van der Waals surface area (Å²) in [6.07, 6.45) is 0. The van der Waals surface area contributed by atoms with Gasteiger partial charge in [0.25, 0.3) is 5.91 Å². The van der Waals surface area contributed by atoms with Gasteiger partial charge in [0.2, 0.25) is 0 Å². The van der Waals surface area contributed by atoms with Crippen molar-refractivity contribution in [2.75, 3.05) is 19.7 Å². The van der Waals surface area contributed by atoms with Gasteiger partial charge in [0.1, 0.15) is 0 Å². The Morgan fingerprint density at radius 3 is 2.72 bits per heavy atom. The van der Waals surface area contributed by atoms with Crippen LogP contribution < -0.4 is 0 Å². The number of hydrogen-bond acceptors (Lipinski definition) is 2. The predicted octanol–water partition coefficient (Wildman–Crippen LogP) is 3.01. The predicted molar refractivity (Wildman–Crippen MR) is 74.8 cm³/mol. The molecule has 1 aromatic rings. The van der Waals surface area contributed by atoms with E-state index in [0.29, 0.717) is 19.7 Å². The van der Waals surface area contributed by atoms with Crippen molar-refractivity contribution in [2.45, 2.75) is 26.4 Å². The molecular weight excluding hydrogens is 294 g/mol. The molecule has 0 atom stereocenters. The largest absolute Gasteiger partial charge is 0.372 e. The van der Waals surface area contributed by atoms with Crippen molar-refractivity contribution in [3.05, 3.63) is 33.8 Å². The minimum atomic E-state index is -0.255. The maximum atomic E-state index is 12.4. The maximum absolute atomic E-state index is 12.4. The lowest BCUT2D eigenvalue weighted by atomic mass is 10.1. The maximum Gasteiger partial charge on any atom is 0.254 e. The molecule has 4 heteroatoms. The van der Waals surface area contributed by atoms with Crippen LogP contribution in [0.4, 0.5) is 0 Å². The van der Waals surface area contributed by atoms with E-state index in [4.69, 9.17) is 4.74 Å². The first-order valence-corrected chi connectivity index (χ1v) is 6.87. The molecule has 1 saturated heterocycles. The second-order valence-electron chi connectivity index (χ2n) is 5.35. The zero-order chi connectivity index (χ0) is 13.3. The van der Waals surface area contributed by atoms with Gasteiger partial charge in [-0.2, -0.15) is 0 Å². The molecule has 0 unspecified atom stereocenters. The molecule has 1 fully saturated rings. The van der Waals surface area contributed by atoms with Crippen LogP contribution in [0.15, 0.2) is 22.7 Å². The minimum absolute atomic E-state index is 0.0794. The molecule has 1 aliphatic heterocycles. The zero-order valence-electron chi connectivity index (χ0n) is 11.0. The van der Waals surface area contributed by atoms with Crippen molar-refractivity contribution in [3.8, 4) is 0 Å². The number of rotatable bonds is 1. The van der Waals surface area contributed by atoms with Crippen LogP contribution in [0.1, 0.15) is 29.8 Å². The van der Waals surface area contributed by atoms with Gasteiger partial charge in [0.05, 0.1) is 12.2 Å². The fourth-order valence-electron chi connectivity index (χ4n) is 2.23. The Labute approximate surface area is 116 Å². The first-order chi connectivity index (χ1) is 8.37. The van der Waals surface area contributed by atoms with Crippen molar-refractivity contribution >= 4 is 21.8 Å².